The van der Waals surface area contributed by atoms with Crippen LogP contribution in [-0.2, 0) is 16.0 Å². The van der Waals surface area contributed by atoms with Gasteiger partial charge in [0.2, 0.25) is 0 Å². The van der Waals surface area contributed by atoms with E-state index in [1.54, 1.807) is 0 Å². The molecule has 1 atom stereocenters. The molecule has 0 saturated carbocycles. The van der Waals surface area contributed by atoms with E-state index in [-0.39, 0.29) is 11.7 Å². The van der Waals surface area contributed by atoms with Crippen molar-refractivity contribution in [2.24, 2.45) is 5.92 Å². The fourth-order valence-electron chi connectivity index (χ4n) is 2.63. The van der Waals surface area contributed by atoms with Gasteiger partial charge in [0, 0.05) is 11.5 Å². The summed E-state index contributed by atoms with van der Waals surface area (Å²) in [6.45, 7) is 8.93. The van der Waals surface area contributed by atoms with Crippen LogP contribution in [0.5, 0.6) is 0 Å². The molecule has 1 aliphatic heterocycles. The normalized spacial score (nSPS) is 17.8. The van der Waals surface area contributed by atoms with Gasteiger partial charge in [-0.15, -0.1) is 0 Å². The fourth-order valence-corrected chi connectivity index (χ4v) is 2.63. The number of carbonyl (C=O) groups is 1. The van der Waals surface area contributed by atoms with Gasteiger partial charge in [-0.05, 0) is 23.6 Å². The first-order valence-corrected chi connectivity index (χ1v) is 9.24. The lowest BCUT2D eigenvalue weighted by molar-refractivity contribution is -0.124. The van der Waals surface area contributed by atoms with Crippen molar-refractivity contribution in [3.63, 3.8) is 0 Å². The zero-order valence-electron chi connectivity index (χ0n) is 15.9. The quantitative estimate of drug-likeness (QED) is 0.683. The Balaban J connectivity index is 0.000000730. The van der Waals surface area contributed by atoms with Crippen LogP contribution in [-0.4, -0.2) is 19.0 Å². The molecule has 1 unspecified atom stereocenters. The number of ether oxygens (including phenoxy) is 1. The third kappa shape index (κ3) is 6.67. The molecule has 0 aliphatic carbocycles. The third-order valence-corrected chi connectivity index (χ3v) is 3.73. The Morgan fingerprint density at radius 2 is 1.48 bits per heavy atom. The molecule has 134 valence electrons. The highest BCUT2D eigenvalue weighted by Gasteiger charge is 2.27. The average molecular weight is 338 g/mol. The standard InChI is InChI=1S/C19H18O2.2C2H6/c20-19-17(11-15-7-3-1-4-8-15)13-21-14-18(19)12-16-9-5-2-6-10-16;2*1-2/h1-11,18H,12-14H2;2*1-2H3/b17-11+;;. The van der Waals surface area contributed by atoms with E-state index in [0.717, 1.165) is 17.6 Å². The van der Waals surface area contributed by atoms with Crippen molar-refractivity contribution < 1.29 is 9.53 Å². The van der Waals surface area contributed by atoms with E-state index >= 15 is 0 Å². The largest absolute Gasteiger partial charge is 0.376 e. The van der Waals surface area contributed by atoms with Gasteiger partial charge in [-0.3, -0.25) is 4.79 Å². The molecular weight excluding hydrogens is 308 g/mol. The van der Waals surface area contributed by atoms with E-state index in [1.807, 2.05) is 82.3 Å². The predicted molar refractivity (Wildman–Crippen MR) is 107 cm³/mol. The number of hydrogen-bond donors (Lipinski definition) is 0. The molecule has 0 aromatic heterocycles. The second-order valence-corrected chi connectivity index (χ2v) is 5.35. The number of carbonyl (C=O) groups excluding carboxylic acids is 1. The third-order valence-electron chi connectivity index (χ3n) is 3.73. The number of hydrogen-bond acceptors (Lipinski definition) is 2. The molecule has 2 heteroatoms. The van der Waals surface area contributed by atoms with Crippen LogP contribution < -0.4 is 0 Å². The first-order chi connectivity index (χ1) is 12.3. The number of Topliss-reactive ketones (excluding diaryl/α,β-unsaturated/α-hetero) is 1. The van der Waals surface area contributed by atoms with E-state index in [2.05, 4.69) is 12.1 Å². The molecule has 2 aromatic rings. The Kier molecular flexibility index (Phi) is 10.2. The summed E-state index contributed by atoms with van der Waals surface area (Å²) in [5, 5.41) is 0. The van der Waals surface area contributed by atoms with E-state index in [4.69, 9.17) is 4.74 Å². The molecule has 1 fully saturated rings. The van der Waals surface area contributed by atoms with Gasteiger partial charge in [0.05, 0.1) is 13.2 Å². The Morgan fingerprint density at radius 1 is 0.920 bits per heavy atom. The van der Waals surface area contributed by atoms with E-state index in [9.17, 15) is 4.79 Å². The molecule has 1 aliphatic rings. The first-order valence-electron chi connectivity index (χ1n) is 9.24. The summed E-state index contributed by atoms with van der Waals surface area (Å²) in [5.74, 6) is 0.144. The molecule has 2 nitrogen and oxygen atoms in total. The summed E-state index contributed by atoms with van der Waals surface area (Å²) in [7, 11) is 0. The van der Waals surface area contributed by atoms with Gasteiger partial charge in [0.15, 0.2) is 5.78 Å². The smallest absolute Gasteiger partial charge is 0.166 e. The van der Waals surface area contributed by atoms with E-state index < -0.39 is 0 Å². The van der Waals surface area contributed by atoms with Gasteiger partial charge in [0.1, 0.15) is 0 Å². The lowest BCUT2D eigenvalue weighted by atomic mass is 9.89. The van der Waals surface area contributed by atoms with Gasteiger partial charge in [0.25, 0.3) is 0 Å². The van der Waals surface area contributed by atoms with Crippen molar-refractivity contribution in [2.45, 2.75) is 34.1 Å². The molecule has 0 N–H and O–H groups in total. The molecule has 0 radical (unpaired) electrons. The van der Waals surface area contributed by atoms with E-state index in [0.29, 0.717) is 13.2 Å². The van der Waals surface area contributed by atoms with Crippen LogP contribution in [0.15, 0.2) is 66.2 Å². The van der Waals surface area contributed by atoms with Crippen LogP contribution in [0.3, 0.4) is 0 Å². The number of benzene rings is 2. The molecule has 1 heterocycles. The lowest BCUT2D eigenvalue weighted by Crippen LogP contribution is -2.31. The minimum atomic E-state index is -0.0730. The van der Waals surface area contributed by atoms with Gasteiger partial charge in [-0.25, -0.2) is 0 Å². The molecule has 0 amide bonds. The SMILES string of the molecule is CC.CC.O=C1/C(=C/c2ccccc2)COCC1Cc1ccccc1. The molecule has 25 heavy (non-hydrogen) atoms. The lowest BCUT2D eigenvalue weighted by Gasteiger charge is -2.23. The first kappa shape index (κ1) is 20.9. The maximum atomic E-state index is 12.6. The minimum Gasteiger partial charge on any atom is -0.376 e. The molecular formula is C23H30O2. The second-order valence-electron chi connectivity index (χ2n) is 5.35. The highest BCUT2D eigenvalue weighted by atomic mass is 16.5. The number of ketones is 1. The van der Waals surface area contributed by atoms with Crippen molar-refractivity contribution in [3.8, 4) is 0 Å². The maximum Gasteiger partial charge on any atom is 0.166 e. The van der Waals surface area contributed by atoms with Crippen molar-refractivity contribution in [3.05, 3.63) is 77.4 Å². The summed E-state index contributed by atoms with van der Waals surface area (Å²) in [6.07, 6.45) is 2.69. The van der Waals surface area contributed by atoms with Gasteiger partial charge >= 0.3 is 0 Å². The van der Waals surface area contributed by atoms with Crippen molar-refractivity contribution in [1.29, 1.82) is 0 Å². The van der Waals surface area contributed by atoms with Gasteiger partial charge in [-0.1, -0.05) is 88.4 Å². The molecule has 0 bridgehead atoms. The highest BCUT2D eigenvalue weighted by Crippen LogP contribution is 2.21. The highest BCUT2D eigenvalue weighted by molar-refractivity contribution is 6.02. The van der Waals surface area contributed by atoms with Gasteiger partial charge < -0.3 is 4.74 Å². The Morgan fingerprint density at radius 3 is 2.08 bits per heavy atom. The Bertz CT molecular complexity index is 630. The minimum absolute atomic E-state index is 0.0730. The van der Waals surface area contributed by atoms with Crippen molar-refractivity contribution in [1.82, 2.24) is 0 Å². The Labute approximate surface area is 152 Å². The van der Waals surface area contributed by atoms with Crippen LogP contribution in [0.25, 0.3) is 6.08 Å². The topological polar surface area (TPSA) is 26.3 Å². The zero-order chi connectivity index (χ0) is 18.5. The monoisotopic (exact) mass is 338 g/mol. The molecule has 3 rings (SSSR count). The fraction of sp³-hybridized carbons (Fsp3) is 0.348. The zero-order valence-corrected chi connectivity index (χ0v) is 15.9. The summed E-state index contributed by atoms with van der Waals surface area (Å²) < 4.78 is 5.62. The number of rotatable bonds is 3. The second kappa shape index (κ2) is 12.2. The molecule has 0 spiro atoms. The summed E-state index contributed by atoms with van der Waals surface area (Å²) in [4.78, 5) is 12.6. The maximum absolute atomic E-state index is 12.6. The van der Waals surface area contributed by atoms with Crippen molar-refractivity contribution >= 4 is 11.9 Å². The van der Waals surface area contributed by atoms with E-state index in [1.165, 1.54) is 5.56 Å². The summed E-state index contributed by atoms with van der Waals surface area (Å²) >= 11 is 0. The van der Waals surface area contributed by atoms with Crippen molar-refractivity contribution in [2.75, 3.05) is 13.2 Å². The predicted octanol–water partition coefficient (Wildman–Crippen LogP) is 5.58. The van der Waals surface area contributed by atoms with Crippen LogP contribution >= 0.6 is 0 Å². The van der Waals surface area contributed by atoms with Crippen LogP contribution in [0, 0.1) is 5.92 Å². The Hall–Kier alpha value is -2.19. The van der Waals surface area contributed by atoms with Gasteiger partial charge in [-0.2, -0.15) is 0 Å². The molecule has 2 aromatic carbocycles. The van der Waals surface area contributed by atoms with Crippen LogP contribution in [0.2, 0.25) is 0 Å². The van der Waals surface area contributed by atoms with Crippen LogP contribution in [0.4, 0.5) is 0 Å². The molecule has 1 saturated heterocycles. The average Bonchev–Trinajstić information content (AvgIpc) is 2.70. The van der Waals surface area contributed by atoms with Crippen LogP contribution in [0.1, 0.15) is 38.8 Å². The summed E-state index contributed by atoms with van der Waals surface area (Å²) in [5.41, 5.74) is 3.00. The summed E-state index contributed by atoms with van der Waals surface area (Å²) in [6, 6.07) is 20.0.